The van der Waals surface area contributed by atoms with Gasteiger partial charge in [0.1, 0.15) is 11.2 Å². The average molecular weight is 565 g/mol. The number of ketones is 1. The van der Waals surface area contributed by atoms with Crippen LogP contribution in [0.4, 0.5) is 23.7 Å². The van der Waals surface area contributed by atoms with Crippen molar-refractivity contribution in [3.63, 3.8) is 0 Å². The smallest absolute Gasteiger partial charge is 0.306 e. The van der Waals surface area contributed by atoms with Crippen molar-refractivity contribution < 1.29 is 22.8 Å². The first-order valence-corrected chi connectivity index (χ1v) is 11.6. The normalized spacial score (nSPS) is 17.8. The third-order valence-corrected chi connectivity index (χ3v) is 6.60. The maximum Gasteiger partial charge on any atom is 0.417 e. The highest BCUT2D eigenvalue weighted by atomic mass is 79.9. The zero-order chi connectivity index (χ0) is 25.4. The number of hydrazone groups is 1. The molecule has 2 amide bonds. The van der Waals surface area contributed by atoms with E-state index in [1.165, 1.54) is 13.0 Å². The van der Waals surface area contributed by atoms with Crippen molar-refractivity contribution >= 4 is 50.7 Å². The quantitative estimate of drug-likeness (QED) is 0.375. The number of rotatable bonds is 4. The molecule has 180 valence electrons. The van der Waals surface area contributed by atoms with Crippen molar-refractivity contribution in [1.82, 2.24) is 5.01 Å². The molecular formula is C25H18BrClF3N3O2. The number of anilines is 1. The van der Waals surface area contributed by atoms with Gasteiger partial charge in [0.05, 0.1) is 22.8 Å². The number of nitrogens with one attached hydrogen (secondary N) is 1. The van der Waals surface area contributed by atoms with Crippen LogP contribution in [0.1, 0.15) is 23.6 Å². The van der Waals surface area contributed by atoms with E-state index >= 15 is 0 Å². The van der Waals surface area contributed by atoms with Gasteiger partial charge in [-0.05, 0) is 48.9 Å². The second-order valence-electron chi connectivity index (χ2n) is 7.96. The number of Topliss-reactive ketones (excluding diaryl/α,β-unsaturated/α-hetero) is 1. The second kappa shape index (κ2) is 9.47. The predicted molar refractivity (Wildman–Crippen MR) is 132 cm³/mol. The zero-order valence-electron chi connectivity index (χ0n) is 18.2. The summed E-state index contributed by atoms with van der Waals surface area (Å²) >= 11 is 9.30. The number of alkyl halides is 3. The van der Waals surface area contributed by atoms with Gasteiger partial charge in [0, 0.05) is 15.7 Å². The summed E-state index contributed by atoms with van der Waals surface area (Å²) in [7, 11) is 0. The lowest BCUT2D eigenvalue weighted by Gasteiger charge is -2.29. The molecule has 10 heteroatoms. The van der Waals surface area contributed by atoms with Gasteiger partial charge in [-0.15, -0.1) is 0 Å². The molecular weight excluding hydrogens is 547 g/mol. The minimum absolute atomic E-state index is 0.136. The molecule has 1 heterocycles. The number of urea groups is 1. The van der Waals surface area contributed by atoms with Crippen LogP contribution in [0.25, 0.3) is 0 Å². The van der Waals surface area contributed by atoms with Gasteiger partial charge in [0.2, 0.25) is 0 Å². The molecule has 35 heavy (non-hydrogen) atoms. The molecule has 1 N–H and O–H groups in total. The molecule has 1 aliphatic heterocycles. The van der Waals surface area contributed by atoms with Gasteiger partial charge < -0.3 is 5.32 Å². The number of carbonyl (C=O) groups excluding carboxylic acids is 2. The SMILES string of the molecule is CC(=O)C1(c2ccccc2)CN(C(=O)Nc2ccc(Br)cc2)N=C1c1ccc(C(F)(F)F)c(Cl)c1. The van der Waals surface area contributed by atoms with E-state index in [0.717, 1.165) is 21.6 Å². The second-order valence-corrected chi connectivity index (χ2v) is 9.29. The minimum atomic E-state index is -4.64. The monoisotopic (exact) mass is 563 g/mol. The summed E-state index contributed by atoms with van der Waals surface area (Å²) in [4.78, 5) is 26.3. The summed E-state index contributed by atoms with van der Waals surface area (Å²) in [6.07, 6.45) is -4.64. The number of hydrogen-bond donors (Lipinski definition) is 1. The number of halogens is 5. The summed E-state index contributed by atoms with van der Waals surface area (Å²) in [5, 5.41) is 7.73. The van der Waals surface area contributed by atoms with E-state index in [-0.39, 0.29) is 23.6 Å². The van der Waals surface area contributed by atoms with Crippen molar-refractivity contribution in [2.45, 2.75) is 18.5 Å². The van der Waals surface area contributed by atoms with Gasteiger partial charge in [0.15, 0.2) is 0 Å². The van der Waals surface area contributed by atoms with Crippen LogP contribution in [0.5, 0.6) is 0 Å². The highest BCUT2D eigenvalue weighted by Crippen LogP contribution is 2.40. The van der Waals surface area contributed by atoms with Gasteiger partial charge >= 0.3 is 12.2 Å². The van der Waals surface area contributed by atoms with Crippen LogP contribution in [0.3, 0.4) is 0 Å². The van der Waals surface area contributed by atoms with E-state index in [0.29, 0.717) is 11.3 Å². The summed E-state index contributed by atoms with van der Waals surface area (Å²) in [6.45, 7) is 1.23. The van der Waals surface area contributed by atoms with Crippen molar-refractivity contribution in [2.24, 2.45) is 5.10 Å². The van der Waals surface area contributed by atoms with Crippen molar-refractivity contribution in [2.75, 3.05) is 11.9 Å². The predicted octanol–water partition coefficient (Wildman–Crippen LogP) is 6.90. The maximum atomic E-state index is 13.3. The first kappa shape index (κ1) is 24.9. The van der Waals surface area contributed by atoms with Crippen molar-refractivity contribution in [3.8, 4) is 0 Å². The third-order valence-electron chi connectivity index (χ3n) is 5.76. The number of hydrogen-bond acceptors (Lipinski definition) is 3. The molecule has 0 bridgehead atoms. The topological polar surface area (TPSA) is 61.8 Å². The highest BCUT2D eigenvalue weighted by Gasteiger charge is 2.50. The Bertz CT molecular complexity index is 1310. The molecule has 0 spiro atoms. The van der Waals surface area contributed by atoms with E-state index in [4.69, 9.17) is 11.6 Å². The van der Waals surface area contributed by atoms with Crippen LogP contribution < -0.4 is 5.32 Å². The summed E-state index contributed by atoms with van der Waals surface area (Å²) in [5.74, 6) is -0.322. The summed E-state index contributed by atoms with van der Waals surface area (Å²) < 4.78 is 40.6. The van der Waals surface area contributed by atoms with Gasteiger partial charge in [-0.2, -0.15) is 18.3 Å². The van der Waals surface area contributed by atoms with Crippen LogP contribution in [0.15, 0.2) is 82.4 Å². The fraction of sp³-hybridized carbons (Fsp3) is 0.160. The maximum absolute atomic E-state index is 13.3. The Balaban J connectivity index is 1.81. The number of carbonyl (C=O) groups is 2. The van der Waals surface area contributed by atoms with E-state index in [1.807, 2.05) is 0 Å². The van der Waals surface area contributed by atoms with Crippen LogP contribution in [0, 0.1) is 0 Å². The molecule has 4 rings (SSSR count). The van der Waals surface area contributed by atoms with E-state index < -0.39 is 28.2 Å². The Labute approximate surface area is 212 Å². The lowest BCUT2D eigenvalue weighted by Crippen LogP contribution is -2.46. The molecule has 0 aromatic heterocycles. The Kier molecular flexibility index (Phi) is 6.75. The summed E-state index contributed by atoms with van der Waals surface area (Å²) in [5.41, 5.74) is -0.992. The van der Waals surface area contributed by atoms with Crippen LogP contribution in [0.2, 0.25) is 5.02 Å². The molecule has 3 aromatic rings. The van der Waals surface area contributed by atoms with Crippen LogP contribution >= 0.6 is 27.5 Å². The average Bonchev–Trinajstić information content (AvgIpc) is 3.23. The number of amides is 2. The standard InChI is InChI=1S/C25H18BrClF3N3O2/c1-15(34)24(17-5-3-2-4-6-17)14-33(23(35)31-19-10-8-18(26)9-11-19)32-22(24)16-7-12-20(21(27)13-16)25(28,29)30/h2-13H,14H2,1H3,(H,31,35). The van der Waals surface area contributed by atoms with Crippen LogP contribution in [-0.4, -0.2) is 29.1 Å². The lowest BCUT2D eigenvalue weighted by atomic mass is 9.71. The fourth-order valence-electron chi connectivity index (χ4n) is 4.01. The minimum Gasteiger partial charge on any atom is -0.306 e. The Morgan fingerprint density at radius 3 is 2.29 bits per heavy atom. The van der Waals surface area contributed by atoms with E-state index in [9.17, 15) is 22.8 Å². The van der Waals surface area contributed by atoms with E-state index in [2.05, 4.69) is 26.3 Å². The third kappa shape index (κ3) is 4.83. The number of benzene rings is 3. The molecule has 1 atom stereocenters. The van der Waals surface area contributed by atoms with E-state index in [1.54, 1.807) is 54.6 Å². The molecule has 3 aromatic carbocycles. The first-order chi connectivity index (χ1) is 16.5. The fourth-order valence-corrected chi connectivity index (χ4v) is 4.56. The summed E-state index contributed by atoms with van der Waals surface area (Å²) in [6, 6.07) is 18.2. The van der Waals surface area contributed by atoms with Crippen molar-refractivity contribution in [3.05, 3.63) is 99.0 Å². The Morgan fingerprint density at radius 2 is 1.71 bits per heavy atom. The molecule has 1 unspecified atom stereocenters. The zero-order valence-corrected chi connectivity index (χ0v) is 20.6. The molecule has 0 fully saturated rings. The molecule has 1 aliphatic rings. The molecule has 0 aliphatic carbocycles. The first-order valence-electron chi connectivity index (χ1n) is 10.4. The molecule has 0 radical (unpaired) electrons. The van der Waals surface area contributed by atoms with Gasteiger partial charge in [-0.1, -0.05) is 63.9 Å². The molecule has 0 saturated heterocycles. The Hall–Kier alpha value is -3.17. The van der Waals surface area contributed by atoms with Gasteiger partial charge in [-0.3, -0.25) is 4.79 Å². The van der Waals surface area contributed by atoms with Gasteiger partial charge in [-0.25, -0.2) is 9.80 Å². The Morgan fingerprint density at radius 1 is 1.06 bits per heavy atom. The molecule has 5 nitrogen and oxygen atoms in total. The largest absolute Gasteiger partial charge is 0.417 e. The van der Waals surface area contributed by atoms with Crippen molar-refractivity contribution in [1.29, 1.82) is 0 Å². The number of nitrogens with zero attached hydrogens (tertiary/aromatic N) is 2. The molecule has 0 saturated carbocycles. The highest BCUT2D eigenvalue weighted by molar-refractivity contribution is 9.10. The van der Waals surface area contributed by atoms with Gasteiger partial charge in [0.25, 0.3) is 0 Å². The van der Waals surface area contributed by atoms with Crippen LogP contribution in [-0.2, 0) is 16.4 Å². The lowest BCUT2D eigenvalue weighted by molar-refractivity contribution is -0.137.